The highest BCUT2D eigenvalue weighted by atomic mass is 16.5. The Labute approximate surface area is 223 Å². The molecule has 2 atom stereocenters. The minimum atomic E-state index is -0.691. The molecule has 0 aliphatic carbocycles. The molecule has 2 unspecified atom stereocenters. The number of fused-ring (bicyclic) bond motifs is 1. The summed E-state index contributed by atoms with van der Waals surface area (Å²) >= 11 is 0. The Morgan fingerprint density at radius 2 is 1.84 bits per heavy atom. The molecular formula is C30H36N2O6. The van der Waals surface area contributed by atoms with E-state index < -0.39 is 17.7 Å². The molecule has 5 rings (SSSR count). The molecule has 3 aliphatic rings. The molecule has 0 aromatic heterocycles. The van der Waals surface area contributed by atoms with Gasteiger partial charge in [-0.3, -0.25) is 14.5 Å². The molecule has 2 aromatic rings. The largest absolute Gasteiger partial charge is 0.507 e. The number of carbonyl (C=O) groups excluding carboxylic acids is 2. The SMILES string of the molecule is CCCCOc1ccc(C2/C(=C(\O)c3ccc4c(c3)CC(C)O4)C(=O)C(=O)N2CCN2CCOCC2)cc1. The molecule has 38 heavy (non-hydrogen) atoms. The van der Waals surface area contributed by atoms with E-state index in [4.69, 9.17) is 14.2 Å². The smallest absolute Gasteiger partial charge is 0.295 e. The Kier molecular flexibility index (Phi) is 8.00. The van der Waals surface area contributed by atoms with Crippen molar-refractivity contribution in [2.24, 2.45) is 0 Å². The molecule has 0 saturated carbocycles. The second-order valence-corrected chi connectivity index (χ2v) is 10.2. The van der Waals surface area contributed by atoms with Crippen LogP contribution in [-0.2, 0) is 20.7 Å². The molecule has 0 bridgehead atoms. The lowest BCUT2D eigenvalue weighted by atomic mass is 9.94. The van der Waals surface area contributed by atoms with Crippen LogP contribution in [0.1, 0.15) is 49.4 Å². The summed E-state index contributed by atoms with van der Waals surface area (Å²) in [6, 6.07) is 12.2. The molecule has 8 nitrogen and oxygen atoms in total. The summed E-state index contributed by atoms with van der Waals surface area (Å²) in [5, 5.41) is 11.5. The molecule has 0 radical (unpaired) electrons. The summed E-state index contributed by atoms with van der Waals surface area (Å²) in [5.74, 6) is 0.109. The van der Waals surface area contributed by atoms with Gasteiger partial charge in [0, 0.05) is 38.2 Å². The first kappa shape index (κ1) is 26.3. The zero-order valence-electron chi connectivity index (χ0n) is 22.2. The average Bonchev–Trinajstić information content (AvgIpc) is 3.43. The van der Waals surface area contributed by atoms with Gasteiger partial charge in [0.05, 0.1) is 31.4 Å². The molecule has 3 aliphatic heterocycles. The van der Waals surface area contributed by atoms with Crippen LogP contribution < -0.4 is 9.47 Å². The molecule has 2 saturated heterocycles. The molecular weight excluding hydrogens is 484 g/mol. The normalized spacial score (nSPS) is 22.9. The molecule has 3 heterocycles. The van der Waals surface area contributed by atoms with Crippen LogP contribution in [0.4, 0.5) is 0 Å². The topological polar surface area (TPSA) is 88.5 Å². The highest BCUT2D eigenvalue weighted by Crippen LogP contribution is 2.41. The van der Waals surface area contributed by atoms with Gasteiger partial charge in [0.15, 0.2) is 0 Å². The Hall–Kier alpha value is -3.36. The van der Waals surface area contributed by atoms with E-state index in [1.807, 2.05) is 43.3 Å². The van der Waals surface area contributed by atoms with Crippen molar-refractivity contribution in [3.63, 3.8) is 0 Å². The standard InChI is InChI=1S/C30H36N2O6/c1-3-4-15-37-24-8-5-21(6-9-24)27-26(28(33)22-7-10-25-23(19-22)18-20(2)38-25)29(34)30(35)32(27)12-11-31-13-16-36-17-14-31/h5-10,19-20,27,33H,3-4,11-18H2,1-2H3/b28-26+. The maximum atomic E-state index is 13.4. The monoisotopic (exact) mass is 520 g/mol. The van der Waals surface area contributed by atoms with E-state index >= 15 is 0 Å². The van der Waals surface area contributed by atoms with Gasteiger partial charge in [-0.25, -0.2) is 0 Å². The summed E-state index contributed by atoms with van der Waals surface area (Å²) in [6.07, 6.45) is 2.80. The van der Waals surface area contributed by atoms with Gasteiger partial charge in [0.1, 0.15) is 23.4 Å². The predicted octanol–water partition coefficient (Wildman–Crippen LogP) is 3.94. The highest BCUT2D eigenvalue weighted by molar-refractivity contribution is 6.46. The quantitative estimate of drug-likeness (QED) is 0.232. The number of aliphatic hydroxyl groups is 1. The number of hydrogen-bond acceptors (Lipinski definition) is 7. The predicted molar refractivity (Wildman–Crippen MR) is 143 cm³/mol. The zero-order chi connectivity index (χ0) is 26.6. The number of aliphatic hydroxyl groups excluding tert-OH is 1. The third kappa shape index (κ3) is 5.42. The molecule has 2 aromatic carbocycles. The average molecular weight is 521 g/mol. The number of ketones is 1. The fourth-order valence-electron chi connectivity index (χ4n) is 5.34. The number of unbranched alkanes of at least 4 members (excludes halogenated alkanes) is 1. The van der Waals surface area contributed by atoms with Crippen molar-refractivity contribution in [2.75, 3.05) is 46.0 Å². The van der Waals surface area contributed by atoms with Gasteiger partial charge < -0.3 is 24.2 Å². The Bertz CT molecular complexity index is 1200. The number of hydrogen-bond donors (Lipinski definition) is 1. The maximum Gasteiger partial charge on any atom is 0.295 e. The second-order valence-electron chi connectivity index (χ2n) is 10.2. The number of amides is 1. The first-order chi connectivity index (χ1) is 18.5. The lowest BCUT2D eigenvalue weighted by molar-refractivity contribution is -0.140. The number of benzene rings is 2. The van der Waals surface area contributed by atoms with Gasteiger partial charge in [-0.1, -0.05) is 25.5 Å². The fraction of sp³-hybridized carbons (Fsp3) is 0.467. The summed E-state index contributed by atoms with van der Waals surface area (Å²) < 4.78 is 17.1. The van der Waals surface area contributed by atoms with E-state index in [1.54, 1.807) is 11.0 Å². The second kappa shape index (κ2) is 11.6. The minimum absolute atomic E-state index is 0.0613. The van der Waals surface area contributed by atoms with E-state index in [-0.39, 0.29) is 17.4 Å². The molecule has 0 spiro atoms. The number of rotatable bonds is 9. The van der Waals surface area contributed by atoms with Crippen LogP contribution in [0.5, 0.6) is 11.5 Å². The van der Waals surface area contributed by atoms with E-state index in [9.17, 15) is 14.7 Å². The van der Waals surface area contributed by atoms with Gasteiger partial charge in [0.25, 0.3) is 11.7 Å². The van der Waals surface area contributed by atoms with Crippen LogP contribution in [0, 0.1) is 0 Å². The number of Topliss-reactive ketones (excluding diaryl/α,β-unsaturated/α-hetero) is 1. The fourth-order valence-corrected chi connectivity index (χ4v) is 5.34. The van der Waals surface area contributed by atoms with Crippen molar-refractivity contribution in [2.45, 2.75) is 45.3 Å². The lowest BCUT2D eigenvalue weighted by Gasteiger charge is -2.31. The van der Waals surface area contributed by atoms with E-state index in [2.05, 4.69) is 11.8 Å². The third-order valence-electron chi connectivity index (χ3n) is 7.43. The summed E-state index contributed by atoms with van der Waals surface area (Å²) in [4.78, 5) is 30.5. The van der Waals surface area contributed by atoms with Crippen LogP contribution in [0.25, 0.3) is 5.76 Å². The number of carbonyl (C=O) groups is 2. The summed E-state index contributed by atoms with van der Waals surface area (Å²) in [7, 11) is 0. The lowest BCUT2D eigenvalue weighted by Crippen LogP contribution is -2.42. The molecule has 1 amide bonds. The number of nitrogens with zero attached hydrogens (tertiary/aromatic N) is 2. The van der Waals surface area contributed by atoms with Crippen molar-refractivity contribution in [1.82, 2.24) is 9.80 Å². The molecule has 8 heteroatoms. The van der Waals surface area contributed by atoms with Gasteiger partial charge in [0.2, 0.25) is 0 Å². The number of ether oxygens (including phenoxy) is 3. The van der Waals surface area contributed by atoms with E-state index in [1.165, 1.54) is 0 Å². The van der Waals surface area contributed by atoms with Crippen LogP contribution in [0.15, 0.2) is 48.0 Å². The van der Waals surface area contributed by atoms with Crippen molar-refractivity contribution in [1.29, 1.82) is 0 Å². The van der Waals surface area contributed by atoms with E-state index in [0.717, 1.165) is 55.0 Å². The van der Waals surface area contributed by atoms with Gasteiger partial charge in [-0.05, 0) is 54.8 Å². The highest BCUT2D eigenvalue weighted by Gasteiger charge is 2.46. The zero-order valence-corrected chi connectivity index (χ0v) is 22.2. The number of morpholine rings is 1. The van der Waals surface area contributed by atoms with Crippen molar-refractivity contribution in [3.05, 3.63) is 64.7 Å². The first-order valence-electron chi connectivity index (χ1n) is 13.6. The van der Waals surface area contributed by atoms with Gasteiger partial charge in [-0.2, -0.15) is 0 Å². The van der Waals surface area contributed by atoms with Gasteiger partial charge in [-0.15, -0.1) is 0 Å². The maximum absolute atomic E-state index is 13.4. The minimum Gasteiger partial charge on any atom is -0.507 e. The van der Waals surface area contributed by atoms with Crippen LogP contribution >= 0.6 is 0 Å². The molecule has 202 valence electrons. The number of likely N-dealkylation sites (tertiary alicyclic amines) is 1. The van der Waals surface area contributed by atoms with Crippen LogP contribution in [0.3, 0.4) is 0 Å². The van der Waals surface area contributed by atoms with Crippen LogP contribution in [0.2, 0.25) is 0 Å². The van der Waals surface area contributed by atoms with Crippen molar-refractivity contribution >= 4 is 17.4 Å². The Balaban J connectivity index is 1.48. The van der Waals surface area contributed by atoms with E-state index in [0.29, 0.717) is 38.5 Å². The third-order valence-corrected chi connectivity index (χ3v) is 7.43. The Morgan fingerprint density at radius 1 is 1.08 bits per heavy atom. The van der Waals surface area contributed by atoms with Crippen molar-refractivity contribution in [3.8, 4) is 11.5 Å². The summed E-state index contributed by atoms with van der Waals surface area (Å²) in [6.45, 7) is 8.62. The van der Waals surface area contributed by atoms with Gasteiger partial charge >= 0.3 is 0 Å². The van der Waals surface area contributed by atoms with Crippen molar-refractivity contribution < 1.29 is 28.9 Å². The molecule has 2 fully saturated rings. The van der Waals surface area contributed by atoms with Crippen LogP contribution in [-0.4, -0.2) is 78.7 Å². The molecule has 1 N–H and O–H groups in total. The Morgan fingerprint density at radius 3 is 2.58 bits per heavy atom. The first-order valence-corrected chi connectivity index (χ1v) is 13.6. The summed E-state index contributed by atoms with van der Waals surface area (Å²) in [5.41, 5.74) is 2.36.